The minimum atomic E-state index is -0.666. The van der Waals surface area contributed by atoms with Crippen molar-refractivity contribution in [2.24, 2.45) is 14.1 Å². The number of rotatable bonds is 6. The fraction of sp³-hybridized carbons (Fsp3) is 0.190. The number of benzene rings is 1. The summed E-state index contributed by atoms with van der Waals surface area (Å²) in [5.41, 5.74) is -0.366. The summed E-state index contributed by atoms with van der Waals surface area (Å²) in [4.78, 5) is 54.7. The van der Waals surface area contributed by atoms with Crippen LogP contribution >= 0.6 is 0 Å². The second-order valence-electron chi connectivity index (χ2n) is 7.12. The van der Waals surface area contributed by atoms with Crippen LogP contribution in [0.25, 0.3) is 11.2 Å². The standard InChI is InChI=1S/C21H20N6O5/c1-25-12-23-18-17(25)20(30)27(21(31)26(18)2)11-16(28)24-15-8-4-3-7-14(15)19(29)22-10-13-6-5-9-32-13/h3-9,12H,10-11H2,1-2H3,(H,22,29)(H,24,28). The summed E-state index contributed by atoms with van der Waals surface area (Å²) in [5.74, 6) is -0.459. The fourth-order valence-electron chi connectivity index (χ4n) is 3.33. The molecule has 0 spiro atoms. The molecule has 0 saturated carbocycles. The van der Waals surface area contributed by atoms with E-state index in [9.17, 15) is 19.2 Å². The lowest BCUT2D eigenvalue weighted by atomic mass is 10.1. The van der Waals surface area contributed by atoms with Crippen LogP contribution in [0.2, 0.25) is 0 Å². The van der Waals surface area contributed by atoms with E-state index in [0.29, 0.717) is 5.76 Å². The Morgan fingerprint density at radius 3 is 2.62 bits per heavy atom. The first-order chi connectivity index (χ1) is 15.4. The van der Waals surface area contributed by atoms with Crippen LogP contribution in [0.5, 0.6) is 0 Å². The van der Waals surface area contributed by atoms with E-state index in [4.69, 9.17) is 4.42 Å². The van der Waals surface area contributed by atoms with Crippen molar-refractivity contribution >= 4 is 28.7 Å². The molecule has 164 valence electrons. The Labute approximate surface area is 180 Å². The maximum absolute atomic E-state index is 12.8. The first-order valence-corrected chi connectivity index (χ1v) is 9.67. The Bertz CT molecular complexity index is 1430. The molecule has 0 aliphatic heterocycles. The lowest BCUT2D eigenvalue weighted by molar-refractivity contribution is -0.116. The highest BCUT2D eigenvalue weighted by molar-refractivity contribution is 6.03. The van der Waals surface area contributed by atoms with Crippen LogP contribution in [0.1, 0.15) is 16.1 Å². The molecule has 2 N–H and O–H groups in total. The monoisotopic (exact) mass is 436 g/mol. The van der Waals surface area contributed by atoms with Crippen LogP contribution in [-0.4, -0.2) is 30.5 Å². The van der Waals surface area contributed by atoms with Crippen molar-refractivity contribution in [2.45, 2.75) is 13.1 Å². The van der Waals surface area contributed by atoms with Gasteiger partial charge in [0.15, 0.2) is 11.2 Å². The van der Waals surface area contributed by atoms with E-state index in [2.05, 4.69) is 15.6 Å². The van der Waals surface area contributed by atoms with Gasteiger partial charge < -0.3 is 19.6 Å². The Morgan fingerprint density at radius 1 is 1.09 bits per heavy atom. The number of para-hydroxylation sites is 1. The highest BCUT2D eigenvalue weighted by Gasteiger charge is 2.18. The predicted octanol–water partition coefficient (Wildman–Crippen LogP) is 0.595. The number of amides is 2. The van der Waals surface area contributed by atoms with E-state index < -0.39 is 29.6 Å². The van der Waals surface area contributed by atoms with Gasteiger partial charge in [-0.1, -0.05) is 12.1 Å². The van der Waals surface area contributed by atoms with Crippen molar-refractivity contribution in [1.29, 1.82) is 0 Å². The summed E-state index contributed by atoms with van der Waals surface area (Å²) in [7, 11) is 3.10. The molecule has 0 aliphatic rings. The number of hydrogen-bond donors (Lipinski definition) is 2. The van der Waals surface area contributed by atoms with E-state index in [-0.39, 0.29) is 29.0 Å². The van der Waals surface area contributed by atoms with Crippen LogP contribution in [0.4, 0.5) is 5.69 Å². The first-order valence-electron chi connectivity index (χ1n) is 9.67. The molecule has 11 nitrogen and oxygen atoms in total. The van der Waals surface area contributed by atoms with Gasteiger partial charge in [0.25, 0.3) is 11.5 Å². The average Bonchev–Trinajstić information content (AvgIpc) is 3.44. The molecule has 3 heterocycles. The van der Waals surface area contributed by atoms with Crippen LogP contribution in [0, 0.1) is 0 Å². The highest BCUT2D eigenvalue weighted by Crippen LogP contribution is 2.15. The molecule has 2 amide bonds. The van der Waals surface area contributed by atoms with E-state index >= 15 is 0 Å². The van der Waals surface area contributed by atoms with Gasteiger partial charge in [0.05, 0.1) is 30.4 Å². The Balaban J connectivity index is 1.56. The summed E-state index contributed by atoms with van der Waals surface area (Å²) in [5, 5.41) is 5.32. The third-order valence-electron chi connectivity index (χ3n) is 4.95. The van der Waals surface area contributed by atoms with Gasteiger partial charge >= 0.3 is 5.69 Å². The maximum Gasteiger partial charge on any atom is 0.332 e. The maximum atomic E-state index is 12.8. The third kappa shape index (κ3) is 3.83. The zero-order chi connectivity index (χ0) is 22.8. The van der Waals surface area contributed by atoms with Gasteiger partial charge in [0.2, 0.25) is 5.91 Å². The number of carbonyl (C=O) groups excluding carboxylic acids is 2. The molecule has 0 radical (unpaired) electrons. The highest BCUT2D eigenvalue weighted by atomic mass is 16.3. The number of anilines is 1. The SMILES string of the molecule is Cn1cnc2c1c(=O)n(CC(=O)Nc1ccccc1C(=O)NCc1ccco1)c(=O)n2C. The van der Waals surface area contributed by atoms with Gasteiger partial charge in [-0.05, 0) is 24.3 Å². The first kappa shape index (κ1) is 20.8. The third-order valence-corrected chi connectivity index (χ3v) is 4.95. The zero-order valence-corrected chi connectivity index (χ0v) is 17.4. The average molecular weight is 436 g/mol. The van der Waals surface area contributed by atoms with Crippen molar-refractivity contribution < 1.29 is 14.0 Å². The Kier molecular flexibility index (Phi) is 5.46. The quantitative estimate of drug-likeness (QED) is 0.455. The Hall–Kier alpha value is -4.41. The molecule has 3 aromatic heterocycles. The molecule has 0 aliphatic carbocycles. The number of carbonyl (C=O) groups is 2. The second kappa shape index (κ2) is 8.38. The Morgan fingerprint density at radius 2 is 1.88 bits per heavy atom. The smallest absolute Gasteiger partial charge is 0.332 e. The van der Waals surface area contributed by atoms with Crippen molar-refractivity contribution in [1.82, 2.24) is 24.0 Å². The molecule has 32 heavy (non-hydrogen) atoms. The molecule has 1 aromatic carbocycles. The number of furan rings is 1. The molecule has 4 aromatic rings. The number of aromatic nitrogens is 4. The van der Waals surface area contributed by atoms with Gasteiger partial charge in [0.1, 0.15) is 12.3 Å². The molecule has 4 rings (SSSR count). The number of aryl methyl sites for hydroxylation is 2. The summed E-state index contributed by atoms with van der Waals surface area (Å²) in [6.07, 6.45) is 2.93. The van der Waals surface area contributed by atoms with Gasteiger partial charge in [-0.3, -0.25) is 19.0 Å². The topological polar surface area (TPSA) is 133 Å². The molecule has 0 saturated heterocycles. The molecule has 0 unspecified atom stereocenters. The predicted molar refractivity (Wildman–Crippen MR) is 115 cm³/mol. The lowest BCUT2D eigenvalue weighted by Gasteiger charge is -2.12. The summed E-state index contributed by atoms with van der Waals surface area (Å²) in [6, 6.07) is 9.88. The molecule has 0 fully saturated rings. The van der Waals surface area contributed by atoms with Crippen LogP contribution < -0.4 is 21.9 Å². The lowest BCUT2D eigenvalue weighted by Crippen LogP contribution is -2.42. The van der Waals surface area contributed by atoms with E-state index in [1.165, 1.54) is 28.8 Å². The van der Waals surface area contributed by atoms with Crippen molar-refractivity contribution in [3.63, 3.8) is 0 Å². The summed E-state index contributed by atoms with van der Waals surface area (Å²) >= 11 is 0. The van der Waals surface area contributed by atoms with Crippen LogP contribution in [-0.2, 0) is 32.0 Å². The molecular weight excluding hydrogens is 416 g/mol. The van der Waals surface area contributed by atoms with Gasteiger partial charge in [-0.25, -0.2) is 14.3 Å². The van der Waals surface area contributed by atoms with Crippen LogP contribution in [0.15, 0.2) is 63.0 Å². The van der Waals surface area contributed by atoms with Gasteiger partial charge in [0, 0.05) is 14.1 Å². The summed E-state index contributed by atoms with van der Waals surface area (Å²) in [6.45, 7) is -0.334. The van der Waals surface area contributed by atoms with Crippen molar-refractivity contribution in [3.8, 4) is 0 Å². The number of nitrogens with one attached hydrogen (secondary N) is 2. The van der Waals surface area contributed by atoms with Gasteiger partial charge in [-0.2, -0.15) is 0 Å². The van der Waals surface area contributed by atoms with Crippen molar-refractivity contribution in [3.05, 3.63) is 81.2 Å². The second-order valence-corrected chi connectivity index (χ2v) is 7.12. The molecule has 0 atom stereocenters. The van der Waals surface area contributed by atoms with Crippen LogP contribution in [0.3, 0.4) is 0 Å². The number of fused-ring (bicyclic) bond motifs is 1. The largest absolute Gasteiger partial charge is 0.467 e. The van der Waals surface area contributed by atoms with Gasteiger partial charge in [-0.15, -0.1) is 0 Å². The van der Waals surface area contributed by atoms with Crippen molar-refractivity contribution in [2.75, 3.05) is 5.32 Å². The van der Waals surface area contributed by atoms with E-state index in [1.807, 2.05) is 0 Å². The molecular formula is C21H20N6O5. The fourth-order valence-corrected chi connectivity index (χ4v) is 3.33. The van der Waals surface area contributed by atoms with E-state index in [0.717, 1.165) is 4.57 Å². The molecule has 11 heteroatoms. The number of nitrogens with zero attached hydrogens (tertiary/aromatic N) is 4. The minimum absolute atomic E-state index is 0.185. The number of hydrogen-bond acceptors (Lipinski definition) is 6. The minimum Gasteiger partial charge on any atom is -0.467 e. The van der Waals surface area contributed by atoms with E-state index in [1.54, 1.807) is 43.4 Å². The number of imidazole rings is 1. The summed E-state index contributed by atoms with van der Waals surface area (Å²) < 4.78 is 8.72. The zero-order valence-electron chi connectivity index (χ0n) is 17.4. The molecule has 0 bridgehead atoms. The normalized spacial score (nSPS) is 10.9.